The first-order chi connectivity index (χ1) is 7.78. The predicted octanol–water partition coefficient (Wildman–Crippen LogP) is 2.63. The lowest BCUT2D eigenvalue weighted by molar-refractivity contribution is 0.178. The topological polar surface area (TPSA) is 47.0 Å². The maximum atomic E-state index is 5.92. The molecule has 0 atom stereocenters. The second-order valence-electron chi connectivity index (χ2n) is 4.05. The lowest BCUT2D eigenvalue weighted by atomic mass is 10.2. The summed E-state index contributed by atoms with van der Waals surface area (Å²) in [5.74, 6) is 1.43. The van der Waals surface area contributed by atoms with Crippen molar-refractivity contribution in [2.45, 2.75) is 38.3 Å². The molecule has 0 saturated heterocycles. The fourth-order valence-corrected chi connectivity index (χ4v) is 2.21. The highest BCUT2D eigenvalue weighted by Gasteiger charge is 2.15. The van der Waals surface area contributed by atoms with Crippen LogP contribution in [-0.4, -0.2) is 23.1 Å². The molecule has 1 fully saturated rings. The van der Waals surface area contributed by atoms with E-state index in [2.05, 4.69) is 15.3 Å². The number of halogens is 1. The minimum atomic E-state index is 0.389. The lowest BCUT2D eigenvalue weighted by Crippen LogP contribution is -2.16. The number of hydrogen-bond donors (Lipinski definition) is 1. The van der Waals surface area contributed by atoms with E-state index in [0.29, 0.717) is 23.6 Å². The summed E-state index contributed by atoms with van der Waals surface area (Å²) in [4.78, 5) is 8.44. The van der Waals surface area contributed by atoms with Gasteiger partial charge in [0.15, 0.2) is 5.82 Å². The third kappa shape index (κ3) is 3.06. The van der Waals surface area contributed by atoms with Gasteiger partial charge in [-0.3, -0.25) is 0 Å². The maximum Gasteiger partial charge on any atom is 0.158 e. The van der Waals surface area contributed by atoms with Gasteiger partial charge in [-0.25, -0.2) is 9.97 Å². The summed E-state index contributed by atoms with van der Waals surface area (Å²) in [6.07, 6.45) is 5.01. The summed E-state index contributed by atoms with van der Waals surface area (Å²) in [6.45, 7) is 0.389. The molecule has 2 rings (SSSR count). The van der Waals surface area contributed by atoms with Crippen LogP contribution in [0.2, 0.25) is 5.15 Å². The van der Waals surface area contributed by atoms with E-state index >= 15 is 0 Å². The van der Waals surface area contributed by atoms with E-state index in [-0.39, 0.29) is 0 Å². The molecule has 0 spiro atoms. The Morgan fingerprint density at radius 3 is 2.88 bits per heavy atom. The monoisotopic (exact) mass is 241 g/mol. The van der Waals surface area contributed by atoms with Crippen LogP contribution >= 0.6 is 11.6 Å². The second-order valence-corrected chi connectivity index (χ2v) is 4.44. The molecule has 4 nitrogen and oxygen atoms in total. The average molecular weight is 242 g/mol. The van der Waals surface area contributed by atoms with Crippen molar-refractivity contribution in [2.24, 2.45) is 0 Å². The smallest absolute Gasteiger partial charge is 0.158 e. The second kappa shape index (κ2) is 5.46. The number of hydrogen-bond acceptors (Lipinski definition) is 4. The molecule has 5 heteroatoms. The molecule has 0 aromatic carbocycles. The molecule has 0 amide bonds. The van der Waals surface area contributed by atoms with E-state index in [1.807, 2.05) is 0 Å². The van der Waals surface area contributed by atoms with Gasteiger partial charge in [-0.2, -0.15) is 0 Å². The molecule has 1 aromatic rings. The highest BCUT2D eigenvalue weighted by molar-refractivity contribution is 6.29. The van der Waals surface area contributed by atoms with Crippen molar-refractivity contribution in [3.05, 3.63) is 17.0 Å². The Morgan fingerprint density at radius 2 is 2.19 bits per heavy atom. The van der Waals surface area contributed by atoms with Gasteiger partial charge < -0.3 is 10.1 Å². The molecule has 0 aliphatic heterocycles. The van der Waals surface area contributed by atoms with Crippen LogP contribution in [0.1, 0.15) is 31.5 Å². The molecule has 0 unspecified atom stereocenters. The summed E-state index contributed by atoms with van der Waals surface area (Å²) in [6, 6.07) is 2.29. The molecule has 0 radical (unpaired) electrons. The van der Waals surface area contributed by atoms with Gasteiger partial charge in [0.25, 0.3) is 0 Å². The Bertz CT molecular complexity index is 353. The van der Waals surface area contributed by atoms with E-state index in [1.165, 1.54) is 25.7 Å². The van der Waals surface area contributed by atoms with Gasteiger partial charge in [0.05, 0.1) is 0 Å². The molecule has 1 saturated carbocycles. The summed E-state index contributed by atoms with van der Waals surface area (Å²) in [7, 11) is 1.62. The Kier molecular flexibility index (Phi) is 3.96. The van der Waals surface area contributed by atoms with Crippen LogP contribution in [-0.2, 0) is 11.3 Å². The first-order valence-corrected chi connectivity index (χ1v) is 5.94. The van der Waals surface area contributed by atoms with Gasteiger partial charge in [0, 0.05) is 19.2 Å². The molecule has 16 heavy (non-hydrogen) atoms. The zero-order valence-electron chi connectivity index (χ0n) is 9.37. The zero-order chi connectivity index (χ0) is 11.4. The van der Waals surface area contributed by atoms with E-state index in [1.54, 1.807) is 13.2 Å². The van der Waals surface area contributed by atoms with Crippen molar-refractivity contribution in [3.63, 3.8) is 0 Å². The van der Waals surface area contributed by atoms with Gasteiger partial charge in [-0.05, 0) is 12.8 Å². The van der Waals surface area contributed by atoms with Crippen molar-refractivity contribution in [1.82, 2.24) is 9.97 Å². The van der Waals surface area contributed by atoms with Crippen LogP contribution in [0.3, 0.4) is 0 Å². The Balaban J connectivity index is 2.06. The van der Waals surface area contributed by atoms with Gasteiger partial charge in [-0.15, -0.1) is 0 Å². The molecule has 1 aliphatic carbocycles. The first kappa shape index (κ1) is 11.6. The van der Waals surface area contributed by atoms with E-state index < -0.39 is 0 Å². The third-order valence-corrected chi connectivity index (χ3v) is 2.92. The van der Waals surface area contributed by atoms with Crippen molar-refractivity contribution < 1.29 is 4.74 Å². The van der Waals surface area contributed by atoms with Crippen molar-refractivity contribution in [3.8, 4) is 0 Å². The number of nitrogens with one attached hydrogen (secondary N) is 1. The standard InChI is InChI=1S/C11H16ClN3O/c1-16-7-11-14-9(12)6-10(15-11)13-8-4-2-3-5-8/h6,8H,2-5,7H2,1H3,(H,13,14,15). The highest BCUT2D eigenvalue weighted by Crippen LogP contribution is 2.22. The SMILES string of the molecule is COCc1nc(Cl)cc(NC2CCCC2)n1. The van der Waals surface area contributed by atoms with E-state index in [0.717, 1.165) is 5.82 Å². The van der Waals surface area contributed by atoms with Crippen molar-refractivity contribution in [2.75, 3.05) is 12.4 Å². The van der Waals surface area contributed by atoms with Crippen LogP contribution in [0.5, 0.6) is 0 Å². The lowest BCUT2D eigenvalue weighted by Gasteiger charge is -2.13. The van der Waals surface area contributed by atoms with Gasteiger partial charge >= 0.3 is 0 Å². The molecular weight excluding hydrogens is 226 g/mol. The summed E-state index contributed by atoms with van der Waals surface area (Å²) >= 11 is 5.92. The summed E-state index contributed by atoms with van der Waals surface area (Å²) in [5.41, 5.74) is 0. The number of aromatic nitrogens is 2. The molecular formula is C11H16ClN3O. The number of nitrogens with zero attached hydrogens (tertiary/aromatic N) is 2. The number of methoxy groups -OCH3 is 1. The van der Waals surface area contributed by atoms with Gasteiger partial charge in [-0.1, -0.05) is 24.4 Å². The van der Waals surface area contributed by atoms with Gasteiger partial charge in [0.1, 0.15) is 17.6 Å². The average Bonchev–Trinajstić information content (AvgIpc) is 2.70. The fourth-order valence-electron chi connectivity index (χ4n) is 2.01. The quantitative estimate of drug-likeness (QED) is 0.824. The minimum absolute atomic E-state index is 0.389. The van der Waals surface area contributed by atoms with E-state index in [9.17, 15) is 0 Å². The molecule has 1 heterocycles. The first-order valence-electron chi connectivity index (χ1n) is 5.57. The van der Waals surface area contributed by atoms with Crippen LogP contribution in [0.25, 0.3) is 0 Å². The fraction of sp³-hybridized carbons (Fsp3) is 0.636. The normalized spacial score (nSPS) is 16.6. The highest BCUT2D eigenvalue weighted by atomic mass is 35.5. The summed E-state index contributed by atoms with van der Waals surface area (Å²) in [5, 5.41) is 3.85. The maximum absolute atomic E-state index is 5.92. The van der Waals surface area contributed by atoms with Crippen molar-refractivity contribution >= 4 is 17.4 Å². The van der Waals surface area contributed by atoms with Crippen LogP contribution in [0.4, 0.5) is 5.82 Å². The third-order valence-electron chi connectivity index (χ3n) is 2.72. The zero-order valence-corrected chi connectivity index (χ0v) is 10.1. The molecule has 1 aromatic heterocycles. The summed E-state index contributed by atoms with van der Waals surface area (Å²) < 4.78 is 5.00. The largest absolute Gasteiger partial charge is 0.377 e. The van der Waals surface area contributed by atoms with Crippen LogP contribution in [0, 0.1) is 0 Å². The molecule has 0 bridgehead atoms. The molecule has 1 N–H and O–H groups in total. The number of anilines is 1. The predicted molar refractivity (Wildman–Crippen MR) is 63.6 cm³/mol. The van der Waals surface area contributed by atoms with Crippen LogP contribution in [0.15, 0.2) is 6.07 Å². The Labute approximate surface area is 100 Å². The Morgan fingerprint density at radius 1 is 1.44 bits per heavy atom. The molecule has 1 aliphatic rings. The number of rotatable bonds is 4. The van der Waals surface area contributed by atoms with Gasteiger partial charge in [0.2, 0.25) is 0 Å². The van der Waals surface area contributed by atoms with Crippen molar-refractivity contribution in [1.29, 1.82) is 0 Å². The molecule has 88 valence electrons. The van der Waals surface area contributed by atoms with E-state index in [4.69, 9.17) is 16.3 Å². The van der Waals surface area contributed by atoms with Crippen LogP contribution < -0.4 is 5.32 Å². The Hall–Kier alpha value is -0.870. The number of ether oxygens (including phenoxy) is 1. The minimum Gasteiger partial charge on any atom is -0.377 e.